The molecule has 2 aromatic rings. The zero-order valence-electron chi connectivity index (χ0n) is 5.57. The summed E-state index contributed by atoms with van der Waals surface area (Å²) in [5, 5.41) is 2.12. The van der Waals surface area contributed by atoms with Gasteiger partial charge in [-0.2, -0.15) is 0 Å². The largest absolute Gasteiger partial charge is 0.350 e. The number of aryl methyl sites for hydroxylation is 1. The minimum atomic E-state index is 0. The minimum Gasteiger partial charge on any atom is -0.350 e. The molecular weight excluding hydrogens is 166 g/mol. The topological polar surface area (TPSA) is 4.93 Å². The van der Waals surface area contributed by atoms with Gasteiger partial charge in [0.1, 0.15) is 0 Å². The van der Waals surface area contributed by atoms with Crippen molar-refractivity contribution in [1.82, 2.24) is 4.57 Å². The van der Waals surface area contributed by atoms with Crippen LogP contribution in [0.1, 0.15) is 0 Å². The summed E-state index contributed by atoms with van der Waals surface area (Å²) in [4.78, 5) is 0. The predicted molar refractivity (Wildman–Crippen MR) is 48.0 cm³/mol. The molecule has 0 radical (unpaired) electrons. The van der Waals surface area contributed by atoms with Gasteiger partial charge in [-0.05, 0) is 17.5 Å². The fraction of sp³-hybridized carbons (Fsp3) is 0.143. The first-order valence-corrected chi connectivity index (χ1v) is 3.74. The van der Waals surface area contributed by atoms with Gasteiger partial charge in [-0.25, -0.2) is 0 Å². The monoisotopic (exact) mass is 173 g/mol. The Morgan fingerprint density at radius 1 is 1.40 bits per heavy atom. The fourth-order valence-electron chi connectivity index (χ4n) is 0.990. The van der Waals surface area contributed by atoms with Crippen LogP contribution < -0.4 is 0 Å². The molecule has 0 spiro atoms. The Bertz CT molecular complexity index is 323. The van der Waals surface area contributed by atoms with Crippen molar-refractivity contribution in [2.45, 2.75) is 0 Å². The van der Waals surface area contributed by atoms with Gasteiger partial charge in [0.15, 0.2) is 0 Å². The Morgan fingerprint density at radius 3 is 2.90 bits per heavy atom. The molecule has 1 nitrogen and oxygen atoms in total. The van der Waals surface area contributed by atoms with Crippen LogP contribution in [-0.4, -0.2) is 4.57 Å². The average molecular weight is 174 g/mol. The lowest BCUT2D eigenvalue weighted by Crippen LogP contribution is -1.79. The van der Waals surface area contributed by atoms with Crippen LogP contribution in [0.25, 0.3) is 10.2 Å². The second kappa shape index (κ2) is 2.64. The highest BCUT2D eigenvalue weighted by Crippen LogP contribution is 2.19. The van der Waals surface area contributed by atoms with Crippen molar-refractivity contribution in [2.75, 3.05) is 0 Å². The minimum absolute atomic E-state index is 0. The molecule has 2 aromatic heterocycles. The number of fused-ring (bicyclic) bond motifs is 1. The number of aromatic nitrogens is 1. The van der Waals surface area contributed by atoms with Crippen molar-refractivity contribution in [1.29, 1.82) is 0 Å². The molecule has 0 fully saturated rings. The van der Waals surface area contributed by atoms with E-state index >= 15 is 0 Å². The molecule has 0 atom stereocenters. The third-order valence-corrected chi connectivity index (χ3v) is 2.37. The lowest BCUT2D eigenvalue weighted by molar-refractivity contribution is 0.970. The first-order valence-electron chi connectivity index (χ1n) is 2.86. The van der Waals surface area contributed by atoms with Crippen molar-refractivity contribution in [3.8, 4) is 0 Å². The van der Waals surface area contributed by atoms with Gasteiger partial charge in [-0.1, -0.05) is 0 Å². The van der Waals surface area contributed by atoms with Crippen LogP contribution in [0.15, 0.2) is 23.7 Å². The summed E-state index contributed by atoms with van der Waals surface area (Å²) in [6, 6.07) is 4.28. The molecule has 2 rings (SSSR count). The first-order chi connectivity index (χ1) is 4.38. The number of hydrogen-bond acceptors (Lipinski definition) is 1. The van der Waals surface area contributed by atoms with Crippen LogP contribution in [0.4, 0.5) is 0 Å². The highest BCUT2D eigenvalue weighted by Gasteiger charge is 1.94. The van der Waals surface area contributed by atoms with Crippen LogP contribution in [0.5, 0.6) is 0 Å². The number of halogens is 1. The van der Waals surface area contributed by atoms with E-state index in [2.05, 4.69) is 35.3 Å². The van der Waals surface area contributed by atoms with E-state index in [0.717, 1.165) is 0 Å². The van der Waals surface area contributed by atoms with E-state index in [-0.39, 0.29) is 12.4 Å². The summed E-state index contributed by atoms with van der Waals surface area (Å²) in [6.45, 7) is 0. The lowest BCUT2D eigenvalue weighted by Gasteiger charge is -1.86. The molecule has 0 aliphatic carbocycles. The Hall–Kier alpha value is -0.470. The third-order valence-electron chi connectivity index (χ3n) is 1.50. The SMILES string of the molecule is Cl.Cn1ccc2sccc21. The van der Waals surface area contributed by atoms with E-state index in [4.69, 9.17) is 0 Å². The molecule has 0 aromatic carbocycles. The molecule has 0 aliphatic rings. The van der Waals surface area contributed by atoms with E-state index in [1.54, 1.807) is 11.3 Å². The molecular formula is C7H8ClNS. The van der Waals surface area contributed by atoms with E-state index in [0.29, 0.717) is 0 Å². The van der Waals surface area contributed by atoms with Gasteiger partial charge in [0.05, 0.1) is 10.2 Å². The Kier molecular flexibility index (Phi) is 2.02. The molecule has 0 N–H and O–H groups in total. The summed E-state index contributed by atoms with van der Waals surface area (Å²) in [6.07, 6.45) is 2.08. The Balaban J connectivity index is 0.000000500. The van der Waals surface area contributed by atoms with Crippen molar-refractivity contribution in [3.63, 3.8) is 0 Å². The molecule has 0 aliphatic heterocycles. The van der Waals surface area contributed by atoms with Crippen molar-refractivity contribution >= 4 is 34.0 Å². The zero-order chi connectivity index (χ0) is 6.27. The molecule has 0 unspecified atom stereocenters. The predicted octanol–water partition coefficient (Wildman–Crippen LogP) is 2.66. The van der Waals surface area contributed by atoms with Gasteiger partial charge in [-0.15, -0.1) is 23.7 Å². The van der Waals surface area contributed by atoms with Gasteiger partial charge in [-0.3, -0.25) is 0 Å². The molecule has 10 heavy (non-hydrogen) atoms. The molecule has 2 heterocycles. The van der Waals surface area contributed by atoms with Crippen LogP contribution in [0, 0.1) is 0 Å². The van der Waals surface area contributed by atoms with Gasteiger partial charge >= 0.3 is 0 Å². The molecule has 0 amide bonds. The number of rotatable bonds is 0. The van der Waals surface area contributed by atoms with Crippen molar-refractivity contribution in [3.05, 3.63) is 23.7 Å². The molecule has 0 saturated heterocycles. The lowest BCUT2D eigenvalue weighted by atomic mass is 10.5. The van der Waals surface area contributed by atoms with Gasteiger partial charge in [0.25, 0.3) is 0 Å². The first kappa shape index (κ1) is 7.63. The molecule has 54 valence electrons. The van der Waals surface area contributed by atoms with Gasteiger partial charge in [0.2, 0.25) is 0 Å². The average Bonchev–Trinajstić information content (AvgIpc) is 2.35. The highest BCUT2D eigenvalue weighted by atomic mass is 35.5. The second-order valence-electron chi connectivity index (χ2n) is 2.10. The maximum absolute atomic E-state index is 2.14. The summed E-state index contributed by atoms with van der Waals surface area (Å²) in [5.41, 5.74) is 1.33. The van der Waals surface area contributed by atoms with Crippen LogP contribution >= 0.6 is 23.7 Å². The summed E-state index contributed by atoms with van der Waals surface area (Å²) in [7, 11) is 2.06. The number of nitrogens with zero attached hydrogens (tertiary/aromatic N) is 1. The zero-order valence-corrected chi connectivity index (χ0v) is 7.21. The standard InChI is InChI=1S/C7H7NS.ClH/c1-8-4-2-7-6(8)3-5-9-7;/h2-5H,1H3;1H. The highest BCUT2D eigenvalue weighted by molar-refractivity contribution is 7.17. The summed E-state index contributed by atoms with van der Waals surface area (Å²) in [5.74, 6) is 0. The third kappa shape index (κ3) is 0.935. The Labute approximate surface area is 69.7 Å². The normalized spacial score (nSPS) is 9.70. The van der Waals surface area contributed by atoms with Gasteiger partial charge in [0, 0.05) is 13.2 Å². The van der Waals surface area contributed by atoms with Crippen molar-refractivity contribution < 1.29 is 0 Å². The van der Waals surface area contributed by atoms with Crippen LogP contribution in [0.3, 0.4) is 0 Å². The van der Waals surface area contributed by atoms with E-state index in [9.17, 15) is 0 Å². The maximum Gasteiger partial charge on any atom is 0.0587 e. The Morgan fingerprint density at radius 2 is 2.20 bits per heavy atom. The van der Waals surface area contributed by atoms with E-state index < -0.39 is 0 Å². The maximum atomic E-state index is 2.14. The van der Waals surface area contributed by atoms with Gasteiger partial charge < -0.3 is 4.57 Å². The van der Waals surface area contributed by atoms with Crippen molar-refractivity contribution in [2.24, 2.45) is 7.05 Å². The van der Waals surface area contributed by atoms with Crippen LogP contribution in [0.2, 0.25) is 0 Å². The quantitative estimate of drug-likeness (QED) is 0.578. The number of hydrogen-bond donors (Lipinski definition) is 0. The number of thiophene rings is 1. The second-order valence-corrected chi connectivity index (χ2v) is 3.04. The summed E-state index contributed by atoms with van der Waals surface area (Å²) >= 11 is 1.79. The molecule has 0 bridgehead atoms. The molecule has 0 saturated carbocycles. The smallest absolute Gasteiger partial charge is 0.0587 e. The van der Waals surface area contributed by atoms with Crippen LogP contribution in [-0.2, 0) is 7.05 Å². The fourth-order valence-corrected chi connectivity index (χ4v) is 1.81. The molecule has 3 heteroatoms. The van der Waals surface area contributed by atoms with E-state index in [1.165, 1.54) is 10.2 Å². The van der Waals surface area contributed by atoms with E-state index in [1.807, 2.05) is 0 Å². The summed E-state index contributed by atoms with van der Waals surface area (Å²) < 4.78 is 3.50.